The number of aromatic nitrogens is 2. The van der Waals surface area contributed by atoms with Gasteiger partial charge in [-0.25, -0.2) is 14.8 Å². The van der Waals surface area contributed by atoms with Gasteiger partial charge < -0.3 is 10.6 Å². The minimum Gasteiger partial charge on any atom is -0.333 e. The minimum atomic E-state index is -0.312. The summed E-state index contributed by atoms with van der Waals surface area (Å²) in [6.07, 6.45) is 2.43. The molecule has 0 aliphatic carbocycles. The van der Waals surface area contributed by atoms with Gasteiger partial charge in [-0.3, -0.25) is 0 Å². The van der Waals surface area contributed by atoms with E-state index in [1.807, 2.05) is 13.8 Å². The highest BCUT2D eigenvalue weighted by atomic mass is 35.5. The topological polar surface area (TPSA) is 66.9 Å². The van der Waals surface area contributed by atoms with Gasteiger partial charge in [0.15, 0.2) is 5.15 Å². The minimum absolute atomic E-state index is 0.269. The number of urea groups is 1. The summed E-state index contributed by atoms with van der Waals surface area (Å²) in [5.41, 5.74) is 1.52. The molecule has 2 heterocycles. The van der Waals surface area contributed by atoms with Crippen molar-refractivity contribution in [2.45, 2.75) is 26.8 Å². The van der Waals surface area contributed by atoms with Crippen LogP contribution in [0.25, 0.3) is 0 Å². The first-order valence-electron chi connectivity index (χ1n) is 6.20. The summed E-state index contributed by atoms with van der Waals surface area (Å²) >= 11 is 7.47. The number of rotatable bonds is 4. The van der Waals surface area contributed by atoms with Crippen LogP contribution < -0.4 is 10.6 Å². The van der Waals surface area contributed by atoms with Gasteiger partial charge in [-0.15, -0.1) is 11.3 Å². The average Bonchev–Trinajstić information content (AvgIpc) is 2.79. The van der Waals surface area contributed by atoms with E-state index < -0.39 is 0 Å². The van der Waals surface area contributed by atoms with E-state index in [1.165, 1.54) is 0 Å². The Kier molecular flexibility index (Phi) is 4.92. The van der Waals surface area contributed by atoms with Crippen molar-refractivity contribution in [3.05, 3.63) is 39.1 Å². The number of hydrogen-bond donors (Lipinski definition) is 2. The van der Waals surface area contributed by atoms with Crippen molar-refractivity contribution in [3.8, 4) is 0 Å². The number of hydrogen-bond acceptors (Lipinski definition) is 4. The van der Waals surface area contributed by atoms with Crippen LogP contribution in [0, 0.1) is 6.92 Å². The zero-order valence-electron chi connectivity index (χ0n) is 11.2. The van der Waals surface area contributed by atoms with Crippen molar-refractivity contribution < 1.29 is 4.79 Å². The number of nitrogens with one attached hydrogen (secondary N) is 2. The van der Waals surface area contributed by atoms with Crippen molar-refractivity contribution >= 4 is 34.7 Å². The summed E-state index contributed by atoms with van der Waals surface area (Å²) in [6, 6.07) is 3.10. The molecule has 0 saturated carbocycles. The maximum atomic E-state index is 11.8. The molecule has 106 valence electrons. The highest BCUT2D eigenvalue weighted by Gasteiger charge is 2.10. The molecule has 0 unspecified atom stereocenters. The van der Waals surface area contributed by atoms with E-state index in [4.69, 9.17) is 11.6 Å². The Morgan fingerprint density at radius 3 is 3.00 bits per heavy atom. The molecule has 0 spiro atoms. The van der Waals surface area contributed by atoms with Crippen LogP contribution in [0.15, 0.2) is 18.3 Å². The van der Waals surface area contributed by atoms with E-state index in [0.717, 1.165) is 22.0 Å². The lowest BCUT2D eigenvalue weighted by atomic mass is 10.3. The lowest BCUT2D eigenvalue weighted by Crippen LogP contribution is -2.28. The predicted molar refractivity (Wildman–Crippen MR) is 81.3 cm³/mol. The van der Waals surface area contributed by atoms with E-state index in [1.54, 1.807) is 29.7 Å². The highest BCUT2D eigenvalue weighted by molar-refractivity contribution is 7.11. The third-order valence-corrected chi connectivity index (χ3v) is 3.95. The number of anilines is 1. The third kappa shape index (κ3) is 3.68. The largest absolute Gasteiger partial charge is 0.333 e. The number of nitrogens with zero attached hydrogens (tertiary/aromatic N) is 2. The van der Waals surface area contributed by atoms with Gasteiger partial charge in [0, 0.05) is 11.1 Å². The van der Waals surface area contributed by atoms with Crippen LogP contribution in [0.2, 0.25) is 5.15 Å². The van der Waals surface area contributed by atoms with Crippen LogP contribution in [0.1, 0.15) is 22.5 Å². The number of aryl methyl sites for hydroxylation is 2. The van der Waals surface area contributed by atoms with Gasteiger partial charge in [0.1, 0.15) is 0 Å². The molecular weight excluding hydrogens is 296 g/mol. The Morgan fingerprint density at radius 1 is 1.50 bits per heavy atom. The fourth-order valence-electron chi connectivity index (χ4n) is 1.73. The molecular formula is C13H15ClN4OS. The molecule has 2 rings (SSSR count). The molecule has 0 radical (unpaired) electrons. The second-order valence-electron chi connectivity index (χ2n) is 4.11. The molecule has 2 aromatic heterocycles. The van der Waals surface area contributed by atoms with E-state index in [-0.39, 0.29) is 11.2 Å². The van der Waals surface area contributed by atoms with Crippen LogP contribution in [-0.4, -0.2) is 16.0 Å². The first-order valence-corrected chi connectivity index (χ1v) is 7.40. The Hall–Kier alpha value is -1.66. The maximum Gasteiger partial charge on any atom is 0.319 e. The van der Waals surface area contributed by atoms with Crippen molar-refractivity contribution in [3.63, 3.8) is 0 Å². The Labute approximate surface area is 126 Å². The van der Waals surface area contributed by atoms with Crippen LogP contribution in [0.5, 0.6) is 0 Å². The van der Waals surface area contributed by atoms with Crippen LogP contribution in [0.3, 0.4) is 0 Å². The quantitative estimate of drug-likeness (QED) is 0.851. The highest BCUT2D eigenvalue weighted by Crippen LogP contribution is 2.19. The standard InChI is InChI=1S/C13H15ClN4OS/c1-3-9-11(20-8(2)17-9)7-16-13(19)18-10-5-4-6-15-12(10)14/h4-6H,3,7H2,1-2H3,(H2,16,18,19). The SMILES string of the molecule is CCc1nc(C)sc1CNC(=O)Nc1cccnc1Cl. The fraction of sp³-hybridized carbons (Fsp3) is 0.308. The zero-order chi connectivity index (χ0) is 14.5. The summed E-state index contributed by atoms with van der Waals surface area (Å²) in [6.45, 7) is 4.47. The number of pyridine rings is 1. The van der Waals surface area contributed by atoms with E-state index in [0.29, 0.717) is 12.2 Å². The third-order valence-electron chi connectivity index (χ3n) is 2.64. The summed E-state index contributed by atoms with van der Waals surface area (Å²) in [4.78, 5) is 21.2. The molecule has 2 amide bonds. The predicted octanol–water partition coefficient (Wildman–Crippen LogP) is 3.38. The average molecular weight is 311 g/mol. The van der Waals surface area contributed by atoms with E-state index >= 15 is 0 Å². The second-order valence-corrected chi connectivity index (χ2v) is 5.75. The smallest absolute Gasteiger partial charge is 0.319 e. The Bertz CT molecular complexity index is 614. The van der Waals surface area contributed by atoms with Crippen molar-refractivity contribution in [1.29, 1.82) is 0 Å². The number of thiazole rings is 1. The first kappa shape index (κ1) is 14.7. The van der Waals surface area contributed by atoms with Gasteiger partial charge in [0.05, 0.1) is 22.9 Å². The first-order chi connectivity index (χ1) is 9.60. The summed E-state index contributed by atoms with van der Waals surface area (Å²) in [5.74, 6) is 0. The molecule has 0 bridgehead atoms. The number of halogens is 1. The molecule has 0 atom stereocenters. The second kappa shape index (κ2) is 6.67. The Morgan fingerprint density at radius 2 is 2.30 bits per heavy atom. The zero-order valence-corrected chi connectivity index (χ0v) is 12.8. The van der Waals surface area contributed by atoms with E-state index in [9.17, 15) is 4.79 Å². The van der Waals surface area contributed by atoms with E-state index in [2.05, 4.69) is 20.6 Å². The van der Waals surface area contributed by atoms with Gasteiger partial charge in [-0.2, -0.15) is 0 Å². The molecule has 20 heavy (non-hydrogen) atoms. The fourth-order valence-corrected chi connectivity index (χ4v) is 2.86. The van der Waals surface area contributed by atoms with Gasteiger partial charge in [0.2, 0.25) is 0 Å². The van der Waals surface area contributed by atoms with Crippen molar-refractivity contribution in [2.75, 3.05) is 5.32 Å². The Balaban J connectivity index is 1.94. The van der Waals surface area contributed by atoms with Gasteiger partial charge >= 0.3 is 6.03 Å². The monoisotopic (exact) mass is 310 g/mol. The van der Waals surface area contributed by atoms with Gasteiger partial charge in [0.25, 0.3) is 0 Å². The molecule has 2 aromatic rings. The molecule has 5 nitrogen and oxygen atoms in total. The van der Waals surface area contributed by atoms with Crippen LogP contribution in [-0.2, 0) is 13.0 Å². The molecule has 0 fully saturated rings. The molecule has 0 aromatic carbocycles. The maximum absolute atomic E-state index is 11.8. The van der Waals surface area contributed by atoms with Gasteiger partial charge in [-0.05, 0) is 25.5 Å². The number of amides is 2. The normalized spacial score (nSPS) is 10.3. The molecule has 0 aliphatic rings. The molecule has 0 saturated heterocycles. The summed E-state index contributed by atoms with van der Waals surface area (Å²) in [5, 5.41) is 6.74. The van der Waals surface area contributed by atoms with Crippen molar-refractivity contribution in [2.24, 2.45) is 0 Å². The lowest BCUT2D eigenvalue weighted by Gasteiger charge is -2.08. The summed E-state index contributed by atoms with van der Waals surface area (Å²) in [7, 11) is 0. The lowest BCUT2D eigenvalue weighted by molar-refractivity contribution is 0.252. The number of carbonyl (C=O) groups is 1. The number of carbonyl (C=O) groups excluding carboxylic acids is 1. The molecule has 2 N–H and O–H groups in total. The van der Waals surface area contributed by atoms with Crippen LogP contribution >= 0.6 is 22.9 Å². The molecule has 7 heteroatoms. The summed E-state index contributed by atoms with van der Waals surface area (Å²) < 4.78 is 0. The molecule has 0 aliphatic heterocycles. The van der Waals surface area contributed by atoms with Crippen molar-refractivity contribution in [1.82, 2.24) is 15.3 Å². The van der Waals surface area contributed by atoms with Crippen LogP contribution in [0.4, 0.5) is 10.5 Å². The van der Waals surface area contributed by atoms with Gasteiger partial charge in [-0.1, -0.05) is 18.5 Å².